The van der Waals surface area contributed by atoms with E-state index >= 15 is 0 Å². The highest BCUT2D eigenvalue weighted by molar-refractivity contribution is 5.98. The molecule has 5 N–H and O–H groups in total. The van der Waals surface area contributed by atoms with Gasteiger partial charge in [0, 0.05) is 5.69 Å². The minimum absolute atomic E-state index is 0.152. The van der Waals surface area contributed by atoms with Crippen molar-refractivity contribution in [3.63, 3.8) is 0 Å². The molecule has 0 fully saturated rings. The Morgan fingerprint density at radius 1 is 1.24 bits per heavy atom. The van der Waals surface area contributed by atoms with E-state index in [9.17, 15) is 14.4 Å². The monoisotopic (exact) mass is 237 g/mol. The molecule has 3 amide bonds. The molecule has 7 heteroatoms. The predicted octanol–water partition coefficient (Wildman–Crippen LogP) is -0.380. The number of para-hydroxylation sites is 1. The lowest BCUT2D eigenvalue weighted by Crippen LogP contribution is -2.37. The predicted molar refractivity (Wildman–Crippen MR) is 58.9 cm³/mol. The highest BCUT2D eigenvalue weighted by Crippen LogP contribution is 2.11. The van der Waals surface area contributed by atoms with Gasteiger partial charge >= 0.3 is 12.0 Å². The third-order valence-electron chi connectivity index (χ3n) is 1.78. The second kappa shape index (κ2) is 5.50. The summed E-state index contributed by atoms with van der Waals surface area (Å²) in [5, 5.41) is 1.76. The van der Waals surface area contributed by atoms with Gasteiger partial charge in [0.05, 0.1) is 5.56 Å². The van der Waals surface area contributed by atoms with Gasteiger partial charge in [0.1, 0.15) is 0 Å². The highest BCUT2D eigenvalue weighted by atomic mass is 16.5. The quantitative estimate of drug-likeness (QED) is 0.488. The Hall–Kier alpha value is -2.57. The summed E-state index contributed by atoms with van der Waals surface area (Å²) in [4.78, 5) is 32.7. The first-order valence-corrected chi connectivity index (χ1v) is 4.61. The number of hydrogen-bond acceptors (Lipinski definition) is 5. The second-order valence-electron chi connectivity index (χ2n) is 3.08. The van der Waals surface area contributed by atoms with Gasteiger partial charge in [-0.25, -0.2) is 9.59 Å². The zero-order chi connectivity index (χ0) is 12.8. The zero-order valence-corrected chi connectivity index (χ0v) is 8.80. The van der Waals surface area contributed by atoms with Crippen molar-refractivity contribution < 1.29 is 19.1 Å². The molecular weight excluding hydrogens is 226 g/mol. The summed E-state index contributed by atoms with van der Waals surface area (Å²) in [7, 11) is 0. The summed E-state index contributed by atoms with van der Waals surface area (Å²) in [5.41, 5.74) is 10.6. The van der Waals surface area contributed by atoms with Crippen LogP contribution in [0.15, 0.2) is 24.3 Å². The summed E-state index contributed by atoms with van der Waals surface area (Å²) in [6.45, 7) is -0.601. The smallest absolute Gasteiger partial charge is 0.340 e. The number of nitrogen functional groups attached to an aromatic ring is 1. The zero-order valence-electron chi connectivity index (χ0n) is 8.80. The molecule has 0 heterocycles. The standard InChI is InChI=1S/C10H11N3O4/c11-7-4-2-1-3-6(7)9(15)17-5-8(14)13-10(12)16/h1-4H,5,11H2,(H3,12,13,14,16). The second-order valence-corrected chi connectivity index (χ2v) is 3.08. The van der Waals surface area contributed by atoms with Gasteiger partial charge in [-0.05, 0) is 12.1 Å². The minimum atomic E-state index is -1.01. The van der Waals surface area contributed by atoms with E-state index in [1.807, 2.05) is 0 Å². The van der Waals surface area contributed by atoms with Crippen molar-refractivity contribution in [3.8, 4) is 0 Å². The first kappa shape index (κ1) is 12.5. The molecule has 0 saturated heterocycles. The van der Waals surface area contributed by atoms with E-state index in [1.54, 1.807) is 17.4 Å². The van der Waals surface area contributed by atoms with Crippen molar-refractivity contribution in [1.82, 2.24) is 5.32 Å². The van der Waals surface area contributed by atoms with E-state index in [2.05, 4.69) is 4.74 Å². The third-order valence-corrected chi connectivity index (χ3v) is 1.78. The largest absolute Gasteiger partial charge is 0.452 e. The molecule has 7 nitrogen and oxygen atoms in total. The van der Waals surface area contributed by atoms with Crippen LogP contribution in [0.2, 0.25) is 0 Å². The van der Waals surface area contributed by atoms with Crippen LogP contribution in [0.3, 0.4) is 0 Å². The van der Waals surface area contributed by atoms with Gasteiger partial charge in [-0.2, -0.15) is 0 Å². The van der Waals surface area contributed by atoms with Crippen LogP contribution >= 0.6 is 0 Å². The number of nitrogens with two attached hydrogens (primary N) is 2. The van der Waals surface area contributed by atoms with Gasteiger partial charge in [-0.1, -0.05) is 12.1 Å². The van der Waals surface area contributed by atoms with Crippen molar-refractivity contribution in [2.45, 2.75) is 0 Å². The Labute approximate surface area is 96.7 Å². The van der Waals surface area contributed by atoms with Crippen molar-refractivity contribution in [1.29, 1.82) is 0 Å². The fraction of sp³-hybridized carbons (Fsp3) is 0.100. The molecule has 0 unspecified atom stereocenters. The van der Waals surface area contributed by atoms with E-state index in [1.165, 1.54) is 12.1 Å². The first-order chi connectivity index (χ1) is 8.00. The molecular formula is C10H11N3O4. The van der Waals surface area contributed by atoms with Crippen LogP contribution in [0.4, 0.5) is 10.5 Å². The van der Waals surface area contributed by atoms with E-state index < -0.39 is 24.5 Å². The molecule has 0 aliphatic rings. The molecule has 0 aromatic heterocycles. The maximum Gasteiger partial charge on any atom is 0.340 e. The van der Waals surface area contributed by atoms with E-state index in [-0.39, 0.29) is 11.3 Å². The Balaban J connectivity index is 2.54. The maximum absolute atomic E-state index is 11.5. The molecule has 0 bridgehead atoms. The number of benzene rings is 1. The average Bonchev–Trinajstić information content (AvgIpc) is 2.25. The molecule has 0 aliphatic heterocycles. The van der Waals surface area contributed by atoms with E-state index in [0.29, 0.717) is 0 Å². The Morgan fingerprint density at radius 3 is 2.47 bits per heavy atom. The minimum Gasteiger partial charge on any atom is -0.452 e. The Kier molecular flexibility index (Phi) is 4.04. The van der Waals surface area contributed by atoms with Crippen LogP contribution in [0, 0.1) is 0 Å². The van der Waals surface area contributed by atoms with Crippen molar-refractivity contribution in [3.05, 3.63) is 29.8 Å². The number of hydrogen-bond donors (Lipinski definition) is 3. The summed E-state index contributed by atoms with van der Waals surface area (Å²) in [6.07, 6.45) is 0. The third kappa shape index (κ3) is 3.82. The van der Waals surface area contributed by atoms with Gasteiger partial charge < -0.3 is 16.2 Å². The average molecular weight is 237 g/mol. The fourth-order valence-corrected chi connectivity index (χ4v) is 1.07. The summed E-state index contributed by atoms with van der Waals surface area (Å²) >= 11 is 0. The molecule has 90 valence electrons. The van der Waals surface area contributed by atoms with E-state index in [4.69, 9.17) is 11.5 Å². The number of primary amides is 1. The summed E-state index contributed by atoms with van der Waals surface area (Å²) in [5.74, 6) is -1.55. The topological polar surface area (TPSA) is 125 Å². The van der Waals surface area contributed by atoms with Crippen molar-refractivity contribution >= 4 is 23.6 Å². The number of amides is 3. The first-order valence-electron chi connectivity index (χ1n) is 4.61. The molecule has 1 aromatic carbocycles. The number of urea groups is 1. The van der Waals surface area contributed by atoms with Crippen LogP contribution < -0.4 is 16.8 Å². The number of rotatable bonds is 3. The number of ether oxygens (including phenoxy) is 1. The molecule has 1 rings (SSSR count). The lowest BCUT2D eigenvalue weighted by atomic mass is 10.2. The summed E-state index contributed by atoms with van der Waals surface area (Å²) in [6, 6.07) is 5.25. The Morgan fingerprint density at radius 2 is 1.88 bits per heavy atom. The SMILES string of the molecule is NC(=O)NC(=O)COC(=O)c1ccccc1N. The molecule has 1 aromatic rings. The number of imide groups is 1. The molecule has 0 atom stereocenters. The van der Waals surface area contributed by atoms with Crippen LogP contribution in [0.25, 0.3) is 0 Å². The van der Waals surface area contributed by atoms with E-state index in [0.717, 1.165) is 0 Å². The molecule has 17 heavy (non-hydrogen) atoms. The van der Waals surface area contributed by atoms with Crippen molar-refractivity contribution in [2.75, 3.05) is 12.3 Å². The lowest BCUT2D eigenvalue weighted by Gasteiger charge is -2.05. The van der Waals surface area contributed by atoms with Gasteiger partial charge in [0.25, 0.3) is 5.91 Å². The highest BCUT2D eigenvalue weighted by Gasteiger charge is 2.13. The lowest BCUT2D eigenvalue weighted by molar-refractivity contribution is -0.123. The van der Waals surface area contributed by atoms with Gasteiger partial charge in [-0.15, -0.1) is 0 Å². The number of carbonyl (C=O) groups is 3. The molecule has 0 spiro atoms. The summed E-state index contributed by atoms with van der Waals surface area (Å²) < 4.78 is 4.63. The van der Waals surface area contributed by atoms with Gasteiger partial charge in [0.2, 0.25) is 0 Å². The van der Waals surface area contributed by atoms with Crippen LogP contribution in [0.5, 0.6) is 0 Å². The van der Waals surface area contributed by atoms with Crippen molar-refractivity contribution in [2.24, 2.45) is 5.73 Å². The van der Waals surface area contributed by atoms with Gasteiger partial charge in [-0.3, -0.25) is 10.1 Å². The molecule has 0 aliphatic carbocycles. The molecule has 0 radical (unpaired) electrons. The number of carbonyl (C=O) groups excluding carboxylic acids is 3. The number of nitrogens with one attached hydrogen (secondary N) is 1. The van der Waals surface area contributed by atoms with Crippen LogP contribution in [0.1, 0.15) is 10.4 Å². The fourth-order valence-electron chi connectivity index (χ4n) is 1.07. The maximum atomic E-state index is 11.5. The van der Waals surface area contributed by atoms with Crippen LogP contribution in [-0.4, -0.2) is 24.5 Å². The Bertz CT molecular complexity index is 459. The number of esters is 1. The normalized spacial score (nSPS) is 9.41. The molecule has 0 saturated carbocycles. The number of anilines is 1. The van der Waals surface area contributed by atoms with Gasteiger partial charge in [0.15, 0.2) is 6.61 Å². The van der Waals surface area contributed by atoms with Crippen LogP contribution in [-0.2, 0) is 9.53 Å².